The van der Waals surface area contributed by atoms with Gasteiger partial charge in [0.2, 0.25) is 0 Å². The average molecular weight is 331 g/mol. The largest absolute Gasteiger partial charge is 0.394 e. The fourth-order valence-electron chi connectivity index (χ4n) is 2.14. The van der Waals surface area contributed by atoms with E-state index in [-0.39, 0.29) is 12.3 Å². The number of nitro groups is 1. The fraction of sp³-hybridized carbons (Fsp3) is 0.500. The molecule has 19 heavy (non-hydrogen) atoms. The van der Waals surface area contributed by atoms with E-state index in [1.54, 1.807) is 12.1 Å². The number of anilines is 1. The Bertz CT molecular complexity index is 475. The Morgan fingerprint density at radius 2 is 2.16 bits per heavy atom. The van der Waals surface area contributed by atoms with Gasteiger partial charge in [0.15, 0.2) is 0 Å². The molecule has 6 nitrogen and oxygen atoms in total. The molecule has 0 radical (unpaired) electrons. The summed E-state index contributed by atoms with van der Waals surface area (Å²) in [5.74, 6) is 0. The molecule has 1 aromatic rings. The van der Waals surface area contributed by atoms with Gasteiger partial charge in [0.1, 0.15) is 5.69 Å². The van der Waals surface area contributed by atoms with Crippen LogP contribution < -0.4 is 5.32 Å². The number of ether oxygens (including phenoxy) is 1. The van der Waals surface area contributed by atoms with Crippen molar-refractivity contribution in [3.63, 3.8) is 0 Å². The van der Waals surface area contributed by atoms with Crippen LogP contribution in [0.15, 0.2) is 22.7 Å². The number of aliphatic hydroxyl groups excluding tert-OH is 1. The number of rotatable bonds is 4. The van der Waals surface area contributed by atoms with Gasteiger partial charge in [-0.2, -0.15) is 0 Å². The van der Waals surface area contributed by atoms with E-state index in [1.807, 2.05) is 0 Å². The molecule has 0 aromatic heterocycles. The van der Waals surface area contributed by atoms with Crippen molar-refractivity contribution in [2.24, 2.45) is 0 Å². The lowest BCUT2D eigenvalue weighted by Crippen LogP contribution is -2.47. The van der Waals surface area contributed by atoms with Gasteiger partial charge in [0, 0.05) is 23.8 Å². The summed E-state index contributed by atoms with van der Waals surface area (Å²) in [7, 11) is 0. The molecule has 1 heterocycles. The van der Waals surface area contributed by atoms with Crippen molar-refractivity contribution in [3.8, 4) is 0 Å². The lowest BCUT2D eigenvalue weighted by molar-refractivity contribution is -0.384. The highest BCUT2D eigenvalue weighted by atomic mass is 79.9. The SMILES string of the molecule is O=[N+]([O-])c1ccc(Br)cc1NC1(CO)CCOCC1. The van der Waals surface area contributed by atoms with Crippen molar-refractivity contribution in [2.45, 2.75) is 18.4 Å². The van der Waals surface area contributed by atoms with E-state index in [9.17, 15) is 15.2 Å². The maximum Gasteiger partial charge on any atom is 0.292 e. The van der Waals surface area contributed by atoms with Gasteiger partial charge in [-0.3, -0.25) is 10.1 Å². The average Bonchev–Trinajstić information content (AvgIpc) is 2.39. The lowest BCUT2D eigenvalue weighted by Gasteiger charge is -2.37. The first kappa shape index (κ1) is 14.2. The van der Waals surface area contributed by atoms with E-state index in [2.05, 4.69) is 21.2 Å². The molecule has 0 spiro atoms. The Morgan fingerprint density at radius 3 is 2.74 bits per heavy atom. The van der Waals surface area contributed by atoms with E-state index in [0.29, 0.717) is 31.7 Å². The third-order valence-electron chi connectivity index (χ3n) is 3.31. The first-order valence-electron chi connectivity index (χ1n) is 5.97. The van der Waals surface area contributed by atoms with E-state index in [0.717, 1.165) is 4.47 Å². The van der Waals surface area contributed by atoms with Gasteiger partial charge in [-0.25, -0.2) is 0 Å². The molecule has 1 aromatic carbocycles. The smallest absolute Gasteiger partial charge is 0.292 e. The highest BCUT2D eigenvalue weighted by molar-refractivity contribution is 9.10. The zero-order valence-electron chi connectivity index (χ0n) is 10.3. The minimum absolute atomic E-state index is 0.00233. The van der Waals surface area contributed by atoms with Gasteiger partial charge < -0.3 is 15.2 Å². The van der Waals surface area contributed by atoms with Gasteiger partial charge in [-0.15, -0.1) is 0 Å². The van der Waals surface area contributed by atoms with E-state index < -0.39 is 10.5 Å². The summed E-state index contributed by atoms with van der Waals surface area (Å²) < 4.78 is 6.02. The molecule has 0 amide bonds. The molecule has 1 fully saturated rings. The molecule has 7 heteroatoms. The number of halogens is 1. The number of nitrogens with one attached hydrogen (secondary N) is 1. The zero-order valence-corrected chi connectivity index (χ0v) is 11.9. The predicted molar refractivity (Wildman–Crippen MR) is 74.3 cm³/mol. The second-order valence-electron chi connectivity index (χ2n) is 4.59. The predicted octanol–water partition coefficient (Wildman–Crippen LogP) is 2.31. The number of nitro benzene ring substituents is 1. The number of hydrogen-bond donors (Lipinski definition) is 2. The van der Waals surface area contributed by atoms with Crippen LogP contribution in [0.5, 0.6) is 0 Å². The summed E-state index contributed by atoms with van der Waals surface area (Å²) in [4.78, 5) is 10.6. The van der Waals surface area contributed by atoms with Crippen molar-refractivity contribution in [2.75, 3.05) is 25.1 Å². The van der Waals surface area contributed by atoms with Crippen LogP contribution >= 0.6 is 15.9 Å². The van der Waals surface area contributed by atoms with Gasteiger partial charge in [0.05, 0.1) is 17.1 Å². The Labute approximate surface area is 119 Å². The summed E-state index contributed by atoms with van der Waals surface area (Å²) in [6, 6.07) is 4.72. The van der Waals surface area contributed by atoms with Crippen molar-refractivity contribution in [3.05, 3.63) is 32.8 Å². The third-order valence-corrected chi connectivity index (χ3v) is 3.80. The van der Waals surface area contributed by atoms with Crippen molar-refractivity contribution in [1.82, 2.24) is 0 Å². The zero-order chi connectivity index (χ0) is 13.9. The minimum atomic E-state index is -0.552. The maximum absolute atomic E-state index is 11.0. The topological polar surface area (TPSA) is 84.6 Å². The Morgan fingerprint density at radius 1 is 1.47 bits per heavy atom. The molecule has 0 saturated carbocycles. The molecular weight excluding hydrogens is 316 g/mol. The quantitative estimate of drug-likeness (QED) is 0.653. The van der Waals surface area contributed by atoms with Gasteiger partial charge >= 0.3 is 0 Å². The van der Waals surface area contributed by atoms with Crippen molar-refractivity contribution in [1.29, 1.82) is 0 Å². The highest BCUT2D eigenvalue weighted by Gasteiger charge is 2.33. The van der Waals surface area contributed by atoms with Crippen LogP contribution in [0.2, 0.25) is 0 Å². The van der Waals surface area contributed by atoms with Crippen LogP contribution in [0, 0.1) is 10.1 Å². The Balaban J connectivity index is 2.30. The second kappa shape index (κ2) is 5.85. The Kier molecular flexibility index (Phi) is 4.38. The molecule has 0 atom stereocenters. The number of aliphatic hydroxyl groups is 1. The third kappa shape index (κ3) is 3.23. The number of hydrogen-bond acceptors (Lipinski definition) is 5. The molecule has 0 bridgehead atoms. The highest BCUT2D eigenvalue weighted by Crippen LogP contribution is 2.33. The van der Waals surface area contributed by atoms with E-state index >= 15 is 0 Å². The summed E-state index contributed by atoms with van der Waals surface area (Å²) >= 11 is 3.30. The molecule has 1 aliphatic heterocycles. The van der Waals surface area contributed by atoms with Gasteiger partial charge in [0.25, 0.3) is 5.69 Å². The lowest BCUT2D eigenvalue weighted by atomic mass is 9.90. The van der Waals surface area contributed by atoms with Crippen LogP contribution in [0.25, 0.3) is 0 Å². The fourth-order valence-corrected chi connectivity index (χ4v) is 2.50. The Hall–Kier alpha value is -1.18. The molecule has 2 rings (SSSR count). The van der Waals surface area contributed by atoms with E-state index in [1.165, 1.54) is 6.07 Å². The van der Waals surface area contributed by atoms with Gasteiger partial charge in [-0.05, 0) is 25.0 Å². The molecule has 1 saturated heterocycles. The van der Waals surface area contributed by atoms with Crippen LogP contribution in [0.3, 0.4) is 0 Å². The standard InChI is InChI=1S/C12H15BrN2O4/c13-9-1-2-11(15(17)18)10(7-9)14-12(8-16)3-5-19-6-4-12/h1-2,7,14,16H,3-6,8H2. The summed E-state index contributed by atoms with van der Waals surface area (Å²) in [5, 5.41) is 23.8. The first-order valence-corrected chi connectivity index (χ1v) is 6.76. The minimum Gasteiger partial charge on any atom is -0.394 e. The summed E-state index contributed by atoms with van der Waals surface area (Å²) in [5.41, 5.74) is -0.137. The van der Waals surface area contributed by atoms with Gasteiger partial charge in [-0.1, -0.05) is 15.9 Å². The maximum atomic E-state index is 11.0. The summed E-state index contributed by atoms with van der Waals surface area (Å²) in [6.45, 7) is 0.991. The molecule has 0 aliphatic carbocycles. The second-order valence-corrected chi connectivity index (χ2v) is 5.51. The molecule has 1 aliphatic rings. The van der Waals surface area contributed by atoms with Crippen LogP contribution in [0.1, 0.15) is 12.8 Å². The summed E-state index contributed by atoms with van der Waals surface area (Å²) in [6.07, 6.45) is 1.24. The van der Waals surface area contributed by atoms with Crippen molar-refractivity contribution < 1.29 is 14.8 Å². The van der Waals surface area contributed by atoms with Crippen molar-refractivity contribution >= 4 is 27.3 Å². The van der Waals surface area contributed by atoms with Crippen LogP contribution in [-0.2, 0) is 4.74 Å². The molecular formula is C12H15BrN2O4. The molecule has 0 unspecified atom stereocenters. The normalized spacial score (nSPS) is 18.0. The molecule has 2 N–H and O–H groups in total. The molecule has 104 valence electrons. The first-order chi connectivity index (χ1) is 9.06. The monoisotopic (exact) mass is 330 g/mol. The number of benzene rings is 1. The number of nitrogens with zero attached hydrogens (tertiary/aromatic N) is 1. The van der Waals surface area contributed by atoms with E-state index in [4.69, 9.17) is 4.74 Å². The van der Waals surface area contributed by atoms with Crippen LogP contribution in [-0.4, -0.2) is 35.4 Å². The van der Waals surface area contributed by atoms with Crippen LogP contribution in [0.4, 0.5) is 11.4 Å².